The summed E-state index contributed by atoms with van der Waals surface area (Å²) >= 11 is 0. The van der Waals surface area contributed by atoms with Gasteiger partial charge in [-0.2, -0.15) is 5.10 Å². The van der Waals surface area contributed by atoms with Crippen LogP contribution < -0.4 is 5.32 Å². The largest absolute Gasteiger partial charge is 0.306 e. The fraction of sp³-hybridized carbons (Fsp3) is 0.400. The highest BCUT2D eigenvalue weighted by Crippen LogP contribution is 2.17. The molecule has 0 unspecified atom stereocenters. The molecule has 4 heteroatoms. The molecule has 0 aliphatic rings. The SMILES string of the molecule is CCc1nn(C)cc1CN[C@H](C)c1ccccc1F. The number of halogens is 1. The third-order valence-electron chi connectivity index (χ3n) is 3.30. The maximum Gasteiger partial charge on any atom is 0.127 e. The van der Waals surface area contributed by atoms with Crippen molar-refractivity contribution in [1.82, 2.24) is 15.1 Å². The fourth-order valence-corrected chi connectivity index (χ4v) is 2.23. The van der Waals surface area contributed by atoms with Crippen LogP contribution in [-0.2, 0) is 20.0 Å². The van der Waals surface area contributed by atoms with Gasteiger partial charge in [0.1, 0.15) is 5.82 Å². The van der Waals surface area contributed by atoms with Gasteiger partial charge < -0.3 is 5.32 Å². The number of aryl methyl sites for hydroxylation is 2. The summed E-state index contributed by atoms with van der Waals surface area (Å²) in [5, 5.41) is 7.75. The first-order valence-electron chi connectivity index (χ1n) is 6.61. The summed E-state index contributed by atoms with van der Waals surface area (Å²) in [5.74, 6) is -0.163. The predicted molar refractivity (Wildman–Crippen MR) is 74.2 cm³/mol. The number of benzene rings is 1. The molecule has 1 aromatic carbocycles. The molecule has 0 aliphatic carbocycles. The molecule has 2 aromatic rings. The molecule has 0 amide bonds. The van der Waals surface area contributed by atoms with Crippen molar-refractivity contribution in [2.45, 2.75) is 32.9 Å². The lowest BCUT2D eigenvalue weighted by Gasteiger charge is -2.14. The summed E-state index contributed by atoms with van der Waals surface area (Å²) in [7, 11) is 1.92. The number of rotatable bonds is 5. The van der Waals surface area contributed by atoms with E-state index in [4.69, 9.17) is 0 Å². The van der Waals surface area contributed by atoms with Crippen molar-refractivity contribution < 1.29 is 4.39 Å². The maximum absolute atomic E-state index is 13.7. The zero-order chi connectivity index (χ0) is 13.8. The predicted octanol–water partition coefficient (Wildman–Crippen LogP) is 2.97. The molecule has 1 heterocycles. The van der Waals surface area contributed by atoms with Crippen LogP contribution in [0.25, 0.3) is 0 Å². The van der Waals surface area contributed by atoms with Crippen LogP contribution in [0.2, 0.25) is 0 Å². The van der Waals surface area contributed by atoms with E-state index < -0.39 is 0 Å². The van der Waals surface area contributed by atoms with Crippen LogP contribution in [0, 0.1) is 5.82 Å². The minimum atomic E-state index is -0.163. The fourth-order valence-electron chi connectivity index (χ4n) is 2.23. The van der Waals surface area contributed by atoms with Gasteiger partial charge in [-0.1, -0.05) is 25.1 Å². The van der Waals surface area contributed by atoms with Gasteiger partial charge in [0.15, 0.2) is 0 Å². The molecule has 2 rings (SSSR count). The Morgan fingerprint density at radius 3 is 2.79 bits per heavy atom. The van der Waals surface area contributed by atoms with Crippen molar-refractivity contribution in [1.29, 1.82) is 0 Å². The third-order valence-corrected chi connectivity index (χ3v) is 3.30. The molecular formula is C15H20FN3. The second-order valence-corrected chi connectivity index (χ2v) is 4.75. The maximum atomic E-state index is 13.7. The van der Waals surface area contributed by atoms with Crippen molar-refractivity contribution in [3.8, 4) is 0 Å². The topological polar surface area (TPSA) is 29.9 Å². The second-order valence-electron chi connectivity index (χ2n) is 4.75. The summed E-state index contributed by atoms with van der Waals surface area (Å²) < 4.78 is 15.5. The molecule has 0 spiro atoms. The van der Waals surface area contributed by atoms with E-state index in [1.807, 2.05) is 37.0 Å². The molecule has 0 fully saturated rings. The first-order chi connectivity index (χ1) is 9.11. The molecule has 0 aliphatic heterocycles. The van der Waals surface area contributed by atoms with Gasteiger partial charge in [0.25, 0.3) is 0 Å². The van der Waals surface area contributed by atoms with Gasteiger partial charge in [0, 0.05) is 37.0 Å². The van der Waals surface area contributed by atoms with E-state index in [0.717, 1.165) is 12.1 Å². The van der Waals surface area contributed by atoms with Crippen molar-refractivity contribution in [2.24, 2.45) is 7.05 Å². The van der Waals surface area contributed by atoms with E-state index in [-0.39, 0.29) is 11.9 Å². The van der Waals surface area contributed by atoms with Gasteiger partial charge in [0.2, 0.25) is 0 Å². The Bertz CT molecular complexity index is 548. The summed E-state index contributed by atoms with van der Waals surface area (Å²) in [4.78, 5) is 0. The first kappa shape index (κ1) is 13.7. The Morgan fingerprint density at radius 2 is 2.11 bits per heavy atom. The lowest BCUT2D eigenvalue weighted by atomic mass is 10.1. The Morgan fingerprint density at radius 1 is 1.37 bits per heavy atom. The van der Waals surface area contributed by atoms with Crippen LogP contribution in [0.3, 0.4) is 0 Å². The van der Waals surface area contributed by atoms with Gasteiger partial charge in [-0.15, -0.1) is 0 Å². The minimum absolute atomic E-state index is 0.0221. The monoisotopic (exact) mass is 261 g/mol. The Labute approximate surface area is 113 Å². The molecule has 0 radical (unpaired) electrons. The molecule has 0 bridgehead atoms. The Kier molecular flexibility index (Phi) is 4.32. The highest BCUT2D eigenvalue weighted by molar-refractivity contribution is 5.22. The van der Waals surface area contributed by atoms with Crippen molar-refractivity contribution in [2.75, 3.05) is 0 Å². The van der Waals surface area contributed by atoms with Crippen LogP contribution >= 0.6 is 0 Å². The molecule has 0 saturated heterocycles. The van der Waals surface area contributed by atoms with Crippen molar-refractivity contribution >= 4 is 0 Å². The van der Waals surface area contributed by atoms with E-state index in [9.17, 15) is 4.39 Å². The normalized spacial score (nSPS) is 12.6. The van der Waals surface area contributed by atoms with Crippen LogP contribution in [0.5, 0.6) is 0 Å². The van der Waals surface area contributed by atoms with E-state index in [0.29, 0.717) is 12.1 Å². The van der Waals surface area contributed by atoms with Gasteiger partial charge in [-0.25, -0.2) is 4.39 Å². The average Bonchev–Trinajstić information content (AvgIpc) is 2.77. The number of nitrogens with zero attached hydrogens (tertiary/aromatic N) is 2. The number of hydrogen-bond acceptors (Lipinski definition) is 2. The third kappa shape index (κ3) is 3.20. The molecule has 1 atom stereocenters. The standard InChI is InChI=1S/C15H20FN3/c1-4-15-12(10-19(3)18-15)9-17-11(2)13-7-5-6-8-14(13)16/h5-8,10-11,17H,4,9H2,1-3H3/t11-/m1/s1. The molecule has 1 N–H and O–H groups in total. The molecule has 0 saturated carbocycles. The first-order valence-corrected chi connectivity index (χ1v) is 6.61. The summed E-state index contributed by atoms with van der Waals surface area (Å²) in [6, 6.07) is 6.86. The molecule has 102 valence electrons. The lowest BCUT2D eigenvalue weighted by Crippen LogP contribution is -2.19. The van der Waals surface area contributed by atoms with E-state index in [1.165, 1.54) is 11.6 Å². The zero-order valence-corrected chi connectivity index (χ0v) is 11.7. The average molecular weight is 261 g/mol. The van der Waals surface area contributed by atoms with Crippen LogP contribution in [0.1, 0.15) is 36.7 Å². The van der Waals surface area contributed by atoms with E-state index in [2.05, 4.69) is 17.3 Å². The molecule has 1 aromatic heterocycles. The highest BCUT2D eigenvalue weighted by atomic mass is 19.1. The quantitative estimate of drug-likeness (QED) is 0.896. The molecule has 19 heavy (non-hydrogen) atoms. The number of hydrogen-bond donors (Lipinski definition) is 1. The van der Waals surface area contributed by atoms with Gasteiger partial charge >= 0.3 is 0 Å². The summed E-state index contributed by atoms with van der Waals surface area (Å²) in [6.07, 6.45) is 2.92. The van der Waals surface area contributed by atoms with Crippen LogP contribution in [-0.4, -0.2) is 9.78 Å². The summed E-state index contributed by atoms with van der Waals surface area (Å²) in [5.41, 5.74) is 2.97. The smallest absolute Gasteiger partial charge is 0.127 e. The van der Waals surface area contributed by atoms with Crippen molar-refractivity contribution in [3.05, 3.63) is 53.1 Å². The number of aromatic nitrogens is 2. The van der Waals surface area contributed by atoms with E-state index in [1.54, 1.807) is 6.07 Å². The number of nitrogens with one attached hydrogen (secondary N) is 1. The zero-order valence-electron chi connectivity index (χ0n) is 11.7. The Hall–Kier alpha value is -1.68. The molecule has 3 nitrogen and oxygen atoms in total. The Balaban J connectivity index is 2.04. The van der Waals surface area contributed by atoms with E-state index >= 15 is 0 Å². The van der Waals surface area contributed by atoms with Gasteiger partial charge in [-0.3, -0.25) is 4.68 Å². The molecular weight excluding hydrogens is 241 g/mol. The van der Waals surface area contributed by atoms with Gasteiger partial charge in [-0.05, 0) is 19.4 Å². The van der Waals surface area contributed by atoms with Crippen LogP contribution in [0.4, 0.5) is 4.39 Å². The summed E-state index contributed by atoms with van der Waals surface area (Å²) in [6.45, 7) is 4.76. The minimum Gasteiger partial charge on any atom is -0.306 e. The second kappa shape index (κ2) is 5.97. The van der Waals surface area contributed by atoms with Crippen LogP contribution in [0.15, 0.2) is 30.5 Å². The van der Waals surface area contributed by atoms with Crippen molar-refractivity contribution in [3.63, 3.8) is 0 Å². The highest BCUT2D eigenvalue weighted by Gasteiger charge is 2.11. The lowest BCUT2D eigenvalue weighted by molar-refractivity contribution is 0.527. The van der Waals surface area contributed by atoms with Gasteiger partial charge in [0.05, 0.1) is 5.69 Å².